The Balaban J connectivity index is 2.41. The van der Waals surface area contributed by atoms with Gasteiger partial charge in [0, 0.05) is 16.6 Å². The molecule has 6 nitrogen and oxygen atoms in total. The highest BCUT2D eigenvalue weighted by molar-refractivity contribution is 7.99. The van der Waals surface area contributed by atoms with Crippen molar-refractivity contribution in [3.8, 4) is 0 Å². The summed E-state index contributed by atoms with van der Waals surface area (Å²) in [6.07, 6.45) is -0.887. The zero-order chi connectivity index (χ0) is 17.4. The molecule has 0 saturated heterocycles. The number of rotatable bonds is 7. The van der Waals surface area contributed by atoms with E-state index in [1.54, 1.807) is 30.0 Å². The normalized spacial score (nSPS) is 13.5. The second-order valence-electron chi connectivity index (χ2n) is 5.27. The highest BCUT2D eigenvalue weighted by atomic mass is 35.5. The van der Waals surface area contributed by atoms with Gasteiger partial charge in [0.25, 0.3) is 11.8 Å². The number of aliphatic hydroxyl groups is 1. The van der Waals surface area contributed by atoms with Crippen LogP contribution in [0, 0.1) is 0 Å². The minimum absolute atomic E-state index is 0.296. The summed E-state index contributed by atoms with van der Waals surface area (Å²) in [5.41, 5.74) is 10.5. The van der Waals surface area contributed by atoms with Crippen LogP contribution in [0.15, 0.2) is 24.3 Å². The molecule has 0 fully saturated rings. The van der Waals surface area contributed by atoms with Crippen LogP contribution in [0.4, 0.5) is 0 Å². The molecule has 0 aliphatic carbocycles. The van der Waals surface area contributed by atoms with Gasteiger partial charge in [-0.15, -0.1) is 0 Å². The number of nitrogens with one attached hydrogen (secondary N) is 2. The SMILES string of the molecule is CC(C)SCC[C@@H](N)[C@@H](O)C(=O)NNC(=O)c1cccc(Cl)c1. The molecule has 0 aromatic heterocycles. The first-order valence-corrected chi connectivity index (χ1v) is 8.65. The van der Waals surface area contributed by atoms with Crippen molar-refractivity contribution in [1.82, 2.24) is 10.9 Å². The number of aliphatic hydroxyl groups excluding tert-OH is 1. The van der Waals surface area contributed by atoms with Crippen LogP contribution in [0.3, 0.4) is 0 Å². The van der Waals surface area contributed by atoms with E-state index in [-0.39, 0.29) is 0 Å². The predicted octanol–water partition coefficient (Wildman–Crippen LogP) is 1.32. The molecule has 1 aromatic rings. The molecule has 0 unspecified atom stereocenters. The Morgan fingerprint density at radius 2 is 2.04 bits per heavy atom. The summed E-state index contributed by atoms with van der Waals surface area (Å²) >= 11 is 7.49. The Labute approximate surface area is 145 Å². The molecule has 0 saturated carbocycles. The van der Waals surface area contributed by atoms with Gasteiger partial charge in [-0.2, -0.15) is 11.8 Å². The van der Waals surface area contributed by atoms with Crippen molar-refractivity contribution in [2.75, 3.05) is 5.75 Å². The van der Waals surface area contributed by atoms with Crippen LogP contribution in [0.2, 0.25) is 5.02 Å². The van der Waals surface area contributed by atoms with Crippen LogP contribution in [0.5, 0.6) is 0 Å². The Kier molecular flexibility index (Phi) is 8.40. The number of amides is 2. The lowest BCUT2D eigenvalue weighted by atomic mass is 10.1. The van der Waals surface area contributed by atoms with Gasteiger partial charge in [-0.25, -0.2) is 0 Å². The summed E-state index contributed by atoms with van der Waals surface area (Å²) in [7, 11) is 0. The molecule has 0 bridgehead atoms. The van der Waals surface area contributed by atoms with Gasteiger partial charge >= 0.3 is 0 Å². The third kappa shape index (κ3) is 7.22. The summed E-state index contributed by atoms with van der Waals surface area (Å²) in [6, 6.07) is 5.59. The van der Waals surface area contributed by atoms with E-state index >= 15 is 0 Å². The lowest BCUT2D eigenvalue weighted by Gasteiger charge is -2.18. The minimum atomic E-state index is -1.39. The van der Waals surface area contributed by atoms with Crippen LogP contribution in [-0.4, -0.2) is 40.1 Å². The summed E-state index contributed by atoms with van der Waals surface area (Å²) in [5, 5.41) is 10.7. The van der Waals surface area contributed by atoms with Crippen molar-refractivity contribution in [3.05, 3.63) is 34.9 Å². The maximum atomic E-state index is 11.8. The van der Waals surface area contributed by atoms with E-state index in [9.17, 15) is 14.7 Å². The van der Waals surface area contributed by atoms with Gasteiger partial charge in [0.15, 0.2) is 0 Å². The zero-order valence-electron chi connectivity index (χ0n) is 13.1. The number of hydrogen-bond donors (Lipinski definition) is 4. The number of carbonyl (C=O) groups is 2. The fourth-order valence-corrected chi connectivity index (χ4v) is 2.76. The third-order valence-corrected chi connectivity index (χ3v) is 4.34. The molecule has 23 heavy (non-hydrogen) atoms. The van der Waals surface area contributed by atoms with Crippen molar-refractivity contribution >= 4 is 35.2 Å². The first-order valence-electron chi connectivity index (χ1n) is 7.22. The van der Waals surface area contributed by atoms with E-state index < -0.39 is 24.0 Å². The molecular weight excluding hydrogens is 338 g/mol. The maximum absolute atomic E-state index is 11.8. The highest BCUT2D eigenvalue weighted by Gasteiger charge is 2.23. The van der Waals surface area contributed by atoms with Crippen molar-refractivity contribution in [2.45, 2.75) is 37.7 Å². The number of nitrogens with two attached hydrogens (primary N) is 1. The molecule has 0 radical (unpaired) electrons. The quantitative estimate of drug-likeness (QED) is 0.550. The lowest BCUT2D eigenvalue weighted by Crippen LogP contribution is -2.52. The number of halogens is 1. The second kappa shape index (κ2) is 9.77. The molecule has 0 spiro atoms. The van der Waals surface area contributed by atoms with E-state index in [4.69, 9.17) is 17.3 Å². The maximum Gasteiger partial charge on any atom is 0.269 e. The largest absolute Gasteiger partial charge is 0.382 e. The van der Waals surface area contributed by atoms with Gasteiger partial charge in [-0.05, 0) is 35.6 Å². The number of benzene rings is 1. The van der Waals surface area contributed by atoms with Gasteiger partial charge in [-0.3, -0.25) is 20.4 Å². The molecule has 128 valence electrons. The summed E-state index contributed by atoms with van der Waals surface area (Å²) in [4.78, 5) is 23.6. The summed E-state index contributed by atoms with van der Waals surface area (Å²) < 4.78 is 0. The van der Waals surface area contributed by atoms with Gasteiger partial charge in [-0.1, -0.05) is 31.5 Å². The molecule has 2 atom stereocenters. The average molecular weight is 360 g/mol. The Morgan fingerprint density at radius 3 is 2.65 bits per heavy atom. The third-order valence-electron chi connectivity index (χ3n) is 2.96. The van der Waals surface area contributed by atoms with Crippen molar-refractivity contribution in [2.24, 2.45) is 5.73 Å². The number of hydrazine groups is 1. The first kappa shape index (κ1) is 19.8. The molecule has 0 heterocycles. The predicted molar refractivity (Wildman–Crippen MR) is 93.3 cm³/mol. The number of thioether (sulfide) groups is 1. The fraction of sp³-hybridized carbons (Fsp3) is 0.467. The molecule has 0 aliphatic rings. The monoisotopic (exact) mass is 359 g/mol. The zero-order valence-corrected chi connectivity index (χ0v) is 14.7. The van der Waals surface area contributed by atoms with Crippen molar-refractivity contribution < 1.29 is 14.7 Å². The summed E-state index contributed by atoms with van der Waals surface area (Å²) in [6.45, 7) is 4.12. The van der Waals surface area contributed by atoms with E-state index in [1.165, 1.54) is 6.07 Å². The van der Waals surface area contributed by atoms with Crippen molar-refractivity contribution in [1.29, 1.82) is 0 Å². The molecule has 2 amide bonds. The van der Waals surface area contributed by atoms with Gasteiger partial charge in [0.05, 0.1) is 0 Å². The van der Waals surface area contributed by atoms with E-state index in [2.05, 4.69) is 24.7 Å². The summed E-state index contributed by atoms with van der Waals surface area (Å²) in [5.74, 6) is -0.530. The van der Waals surface area contributed by atoms with Gasteiger partial charge < -0.3 is 10.8 Å². The fourth-order valence-electron chi connectivity index (χ4n) is 1.69. The first-order chi connectivity index (χ1) is 10.8. The van der Waals surface area contributed by atoms with E-state index in [0.29, 0.717) is 22.3 Å². The average Bonchev–Trinajstić information content (AvgIpc) is 2.50. The molecule has 1 aromatic carbocycles. The molecular formula is C15H22ClN3O3S. The van der Waals surface area contributed by atoms with Gasteiger partial charge in [0.1, 0.15) is 6.10 Å². The number of carbonyl (C=O) groups excluding carboxylic acids is 2. The topological polar surface area (TPSA) is 104 Å². The van der Waals surface area contributed by atoms with Gasteiger partial charge in [0.2, 0.25) is 0 Å². The highest BCUT2D eigenvalue weighted by Crippen LogP contribution is 2.12. The lowest BCUT2D eigenvalue weighted by molar-refractivity contribution is -0.131. The Morgan fingerprint density at radius 1 is 1.35 bits per heavy atom. The van der Waals surface area contributed by atoms with E-state index in [1.807, 2.05) is 0 Å². The Bertz CT molecular complexity index is 542. The minimum Gasteiger partial charge on any atom is -0.382 e. The molecule has 5 N–H and O–H groups in total. The second-order valence-corrected chi connectivity index (χ2v) is 7.39. The van der Waals surface area contributed by atoms with Crippen molar-refractivity contribution in [3.63, 3.8) is 0 Å². The van der Waals surface area contributed by atoms with Crippen LogP contribution < -0.4 is 16.6 Å². The van der Waals surface area contributed by atoms with Crippen LogP contribution >= 0.6 is 23.4 Å². The van der Waals surface area contributed by atoms with Crippen LogP contribution in [0.1, 0.15) is 30.6 Å². The standard InChI is InChI=1S/C15H22ClN3O3S/c1-9(2)23-7-6-12(17)13(20)15(22)19-18-14(21)10-4-3-5-11(16)8-10/h3-5,8-9,12-13,20H,6-7,17H2,1-2H3,(H,18,21)(H,19,22)/t12-,13-/m1/s1. The van der Waals surface area contributed by atoms with Crippen LogP contribution in [-0.2, 0) is 4.79 Å². The molecule has 1 rings (SSSR count). The Hall–Kier alpha value is -1.28. The molecule has 8 heteroatoms. The smallest absolute Gasteiger partial charge is 0.269 e. The van der Waals surface area contributed by atoms with E-state index in [0.717, 1.165) is 5.75 Å². The number of hydrogen-bond acceptors (Lipinski definition) is 5. The molecule has 0 aliphatic heterocycles. The van der Waals surface area contributed by atoms with Crippen LogP contribution in [0.25, 0.3) is 0 Å².